The van der Waals surface area contributed by atoms with Gasteiger partial charge in [0.1, 0.15) is 16.7 Å². The van der Waals surface area contributed by atoms with Crippen molar-refractivity contribution >= 4 is 120 Å². The van der Waals surface area contributed by atoms with Crippen LogP contribution >= 0.6 is 11.3 Å². The van der Waals surface area contributed by atoms with E-state index in [-0.39, 0.29) is 0 Å². The number of para-hydroxylation sites is 2. The van der Waals surface area contributed by atoms with Gasteiger partial charge in [0, 0.05) is 64.8 Å². The largest absolute Gasteiger partial charge is 0.455 e. The number of nitrogens with zero attached hydrogens (tertiary/aromatic N) is 3. The van der Waals surface area contributed by atoms with Gasteiger partial charge in [-0.15, -0.1) is 11.3 Å². The zero-order chi connectivity index (χ0) is 37.5. The SMILES string of the molecule is c1ccc(N(c2ccc3ccc4ncoc4c3c2)c2ccc3oc4c5ccccc5cc(N(c5ccccc5)c5ccc6c(c5)sc5ccccc56)c4c3c2)cc1. The predicted octanol–water partition coefficient (Wildman–Crippen LogP) is 15.3. The summed E-state index contributed by atoms with van der Waals surface area (Å²) in [5.74, 6) is 0. The fraction of sp³-hybridized carbons (Fsp3) is 0. The van der Waals surface area contributed by atoms with Gasteiger partial charge in [-0.05, 0) is 95.7 Å². The highest BCUT2D eigenvalue weighted by molar-refractivity contribution is 7.25. The molecule has 0 N–H and O–H groups in total. The lowest BCUT2D eigenvalue weighted by atomic mass is 10.0. The Labute approximate surface area is 330 Å². The molecule has 6 heteroatoms. The quantitative estimate of drug-likeness (QED) is 0.169. The van der Waals surface area contributed by atoms with Gasteiger partial charge in [0.05, 0.1) is 11.1 Å². The van der Waals surface area contributed by atoms with Gasteiger partial charge in [-0.1, -0.05) is 97.1 Å². The summed E-state index contributed by atoms with van der Waals surface area (Å²) in [6, 6.07) is 64.8. The van der Waals surface area contributed by atoms with Crippen LogP contribution < -0.4 is 9.80 Å². The molecule has 0 fully saturated rings. The van der Waals surface area contributed by atoms with E-state index in [0.29, 0.717) is 0 Å². The Balaban J connectivity index is 1.13. The lowest BCUT2D eigenvalue weighted by Gasteiger charge is -2.27. The van der Waals surface area contributed by atoms with E-state index in [4.69, 9.17) is 8.83 Å². The summed E-state index contributed by atoms with van der Waals surface area (Å²) >= 11 is 1.84. The number of thiophene rings is 1. The van der Waals surface area contributed by atoms with Crippen LogP contribution in [-0.2, 0) is 0 Å². The molecule has 3 aromatic heterocycles. The lowest BCUT2D eigenvalue weighted by Crippen LogP contribution is -2.10. The zero-order valence-corrected chi connectivity index (χ0v) is 31.3. The molecule has 0 saturated heterocycles. The van der Waals surface area contributed by atoms with Crippen LogP contribution in [0, 0.1) is 0 Å². The maximum Gasteiger partial charge on any atom is 0.182 e. The molecular formula is C51H31N3O2S. The van der Waals surface area contributed by atoms with Crippen molar-refractivity contribution in [1.29, 1.82) is 0 Å². The van der Waals surface area contributed by atoms with Crippen LogP contribution in [0.3, 0.4) is 0 Å². The Morgan fingerprint density at radius 1 is 0.421 bits per heavy atom. The minimum atomic E-state index is 0.782. The molecule has 3 heterocycles. The van der Waals surface area contributed by atoms with Gasteiger partial charge in [0.15, 0.2) is 12.0 Å². The van der Waals surface area contributed by atoms with Gasteiger partial charge in [0.25, 0.3) is 0 Å². The number of furan rings is 1. The number of benzene rings is 9. The monoisotopic (exact) mass is 749 g/mol. The lowest BCUT2D eigenvalue weighted by molar-refractivity contribution is 0.605. The van der Waals surface area contributed by atoms with Crippen LogP contribution in [0.25, 0.3) is 74.8 Å². The first-order valence-corrected chi connectivity index (χ1v) is 19.8. The number of anilines is 6. The van der Waals surface area contributed by atoms with Crippen molar-refractivity contribution in [2.75, 3.05) is 9.80 Å². The highest BCUT2D eigenvalue weighted by Crippen LogP contribution is 2.49. The van der Waals surface area contributed by atoms with E-state index in [0.717, 1.165) is 88.7 Å². The normalized spacial score (nSPS) is 11.9. The molecule has 0 aliphatic heterocycles. The van der Waals surface area contributed by atoms with E-state index in [9.17, 15) is 0 Å². The number of rotatable bonds is 6. The molecule has 0 aliphatic carbocycles. The molecule has 0 bridgehead atoms. The first-order valence-electron chi connectivity index (χ1n) is 19.0. The fourth-order valence-corrected chi connectivity index (χ4v) is 9.68. The van der Waals surface area contributed by atoms with Crippen molar-refractivity contribution in [3.63, 3.8) is 0 Å². The molecule has 0 spiro atoms. The van der Waals surface area contributed by atoms with Crippen LogP contribution in [0.5, 0.6) is 0 Å². The number of hydrogen-bond donors (Lipinski definition) is 0. The standard InChI is InChI=1S/C51H31N3O2S/c1-3-12-34(13-4-1)53(36-21-19-32-20-25-44-50(42(32)28-36)55-31-52-44)37-23-26-46-43(29-37)49-45(27-33-11-7-8-16-39(33)51(49)56-46)54(35-14-5-2-6-15-35)38-22-24-41-40-17-9-10-18-47(40)57-48(41)30-38/h1-31H. The molecule has 268 valence electrons. The predicted molar refractivity (Wildman–Crippen MR) is 239 cm³/mol. The molecule has 0 aliphatic rings. The maximum atomic E-state index is 6.92. The Morgan fingerprint density at radius 2 is 1.07 bits per heavy atom. The zero-order valence-electron chi connectivity index (χ0n) is 30.5. The molecule has 9 aromatic carbocycles. The summed E-state index contributed by atoms with van der Waals surface area (Å²) in [6.07, 6.45) is 1.52. The average Bonchev–Trinajstić information content (AvgIpc) is 4.01. The fourth-order valence-electron chi connectivity index (χ4n) is 8.55. The Hall–Kier alpha value is -7.41. The molecule has 12 rings (SSSR count). The van der Waals surface area contributed by atoms with Gasteiger partial charge in [-0.25, -0.2) is 4.98 Å². The van der Waals surface area contributed by atoms with Gasteiger partial charge < -0.3 is 18.6 Å². The molecular weight excluding hydrogens is 719 g/mol. The molecule has 0 saturated carbocycles. The summed E-state index contributed by atoms with van der Waals surface area (Å²) in [5.41, 5.74) is 9.59. The van der Waals surface area contributed by atoms with E-state index in [1.165, 1.54) is 26.6 Å². The molecule has 12 aromatic rings. The first kappa shape index (κ1) is 31.9. The summed E-state index contributed by atoms with van der Waals surface area (Å²) in [7, 11) is 0. The third-order valence-corrected chi connectivity index (χ3v) is 12.3. The molecule has 0 radical (unpaired) electrons. The van der Waals surface area contributed by atoms with E-state index in [2.05, 4.69) is 191 Å². The van der Waals surface area contributed by atoms with Crippen molar-refractivity contribution in [1.82, 2.24) is 4.98 Å². The van der Waals surface area contributed by atoms with Crippen molar-refractivity contribution in [2.24, 2.45) is 0 Å². The van der Waals surface area contributed by atoms with Crippen LogP contribution in [0.15, 0.2) is 197 Å². The average molecular weight is 750 g/mol. The van der Waals surface area contributed by atoms with E-state index >= 15 is 0 Å². The second kappa shape index (κ2) is 12.6. The van der Waals surface area contributed by atoms with Gasteiger partial charge in [-0.3, -0.25) is 0 Å². The second-order valence-electron chi connectivity index (χ2n) is 14.4. The van der Waals surface area contributed by atoms with E-state index < -0.39 is 0 Å². The topological polar surface area (TPSA) is 45.7 Å². The summed E-state index contributed by atoms with van der Waals surface area (Å²) in [6.45, 7) is 0. The van der Waals surface area contributed by atoms with Gasteiger partial charge >= 0.3 is 0 Å². The minimum absolute atomic E-state index is 0.782. The number of aromatic nitrogens is 1. The van der Waals surface area contributed by atoms with Crippen molar-refractivity contribution in [3.05, 3.63) is 188 Å². The van der Waals surface area contributed by atoms with E-state index in [1.807, 2.05) is 17.4 Å². The van der Waals surface area contributed by atoms with Crippen molar-refractivity contribution in [2.45, 2.75) is 0 Å². The van der Waals surface area contributed by atoms with Crippen molar-refractivity contribution < 1.29 is 8.83 Å². The first-order chi connectivity index (χ1) is 28.2. The highest BCUT2D eigenvalue weighted by Gasteiger charge is 2.24. The summed E-state index contributed by atoms with van der Waals surface area (Å²) in [5, 5.41) is 8.95. The Kier molecular flexibility index (Phi) is 7.03. The maximum absolute atomic E-state index is 6.92. The molecule has 0 unspecified atom stereocenters. The van der Waals surface area contributed by atoms with Gasteiger partial charge in [0.2, 0.25) is 0 Å². The van der Waals surface area contributed by atoms with Crippen LogP contribution in [0.1, 0.15) is 0 Å². The third-order valence-electron chi connectivity index (χ3n) is 11.1. The number of fused-ring (bicyclic) bond motifs is 11. The Morgan fingerprint density at radius 3 is 1.91 bits per heavy atom. The number of hydrogen-bond acceptors (Lipinski definition) is 6. The minimum Gasteiger partial charge on any atom is -0.455 e. The molecule has 0 amide bonds. The molecule has 5 nitrogen and oxygen atoms in total. The third kappa shape index (κ3) is 5.04. The summed E-state index contributed by atoms with van der Waals surface area (Å²) in [4.78, 5) is 9.13. The van der Waals surface area contributed by atoms with Crippen LogP contribution in [0.2, 0.25) is 0 Å². The second-order valence-corrected chi connectivity index (χ2v) is 15.5. The number of oxazole rings is 1. The summed E-state index contributed by atoms with van der Waals surface area (Å²) < 4.78 is 15.4. The van der Waals surface area contributed by atoms with E-state index in [1.54, 1.807) is 0 Å². The molecule has 0 atom stereocenters. The molecule has 57 heavy (non-hydrogen) atoms. The highest BCUT2D eigenvalue weighted by atomic mass is 32.1. The Bertz CT molecular complexity index is 3500. The van der Waals surface area contributed by atoms with Crippen LogP contribution in [0.4, 0.5) is 34.1 Å². The van der Waals surface area contributed by atoms with Crippen LogP contribution in [-0.4, -0.2) is 4.98 Å². The van der Waals surface area contributed by atoms with Gasteiger partial charge in [-0.2, -0.15) is 0 Å². The smallest absolute Gasteiger partial charge is 0.182 e. The van der Waals surface area contributed by atoms with Crippen molar-refractivity contribution in [3.8, 4) is 0 Å².